The van der Waals surface area contributed by atoms with E-state index >= 15 is 0 Å². The Balaban J connectivity index is 1.80. The summed E-state index contributed by atoms with van der Waals surface area (Å²) < 4.78 is 1.86. The molecule has 8 nitrogen and oxygen atoms in total. The van der Waals surface area contributed by atoms with E-state index in [1.807, 2.05) is 48.0 Å². The van der Waals surface area contributed by atoms with Crippen molar-refractivity contribution in [2.75, 3.05) is 12.4 Å². The molecule has 0 spiro atoms. The normalized spacial score (nSPS) is 11.6. The van der Waals surface area contributed by atoms with E-state index in [0.29, 0.717) is 28.5 Å². The van der Waals surface area contributed by atoms with Gasteiger partial charge in [0, 0.05) is 14.1 Å². The Hall–Kier alpha value is -3.68. The molecule has 0 aliphatic carbocycles. The van der Waals surface area contributed by atoms with E-state index in [4.69, 9.17) is 0 Å². The number of H-pyrrole nitrogens is 2. The molecule has 0 aliphatic rings. The number of anilines is 1. The Morgan fingerprint density at radius 1 is 0.923 bits per heavy atom. The monoisotopic (exact) mass is 345 g/mol. The minimum Gasteiger partial charge on any atom is -0.359 e. The fourth-order valence-electron chi connectivity index (χ4n) is 3.33. The molecule has 3 aromatic heterocycles. The van der Waals surface area contributed by atoms with Gasteiger partial charge in [0.15, 0.2) is 11.6 Å². The number of hydrogen-bond donors (Lipinski definition) is 3. The third-order valence-electron chi connectivity index (χ3n) is 4.54. The highest BCUT2D eigenvalue weighted by molar-refractivity contribution is 6.03. The SMILES string of the molecule is CNc1nc2ccc3nc(-c4nc5ccccc5[nH]4)[nH]c(=O)c3c2n1C. The number of aryl methyl sites for hydroxylation is 1. The predicted octanol–water partition coefficient (Wildman–Crippen LogP) is 2.39. The summed E-state index contributed by atoms with van der Waals surface area (Å²) in [5, 5.41) is 3.54. The molecule has 0 atom stereocenters. The Morgan fingerprint density at radius 3 is 2.46 bits per heavy atom. The van der Waals surface area contributed by atoms with E-state index in [-0.39, 0.29) is 5.56 Å². The zero-order chi connectivity index (χ0) is 17.8. The maximum absolute atomic E-state index is 12.9. The second-order valence-corrected chi connectivity index (χ2v) is 6.09. The predicted molar refractivity (Wildman–Crippen MR) is 101 cm³/mol. The van der Waals surface area contributed by atoms with Gasteiger partial charge in [-0.1, -0.05) is 12.1 Å². The lowest BCUT2D eigenvalue weighted by atomic mass is 10.2. The van der Waals surface area contributed by atoms with Crippen LogP contribution >= 0.6 is 0 Å². The molecule has 0 aliphatic heterocycles. The van der Waals surface area contributed by atoms with Gasteiger partial charge < -0.3 is 19.9 Å². The van der Waals surface area contributed by atoms with E-state index in [0.717, 1.165) is 22.1 Å². The van der Waals surface area contributed by atoms with E-state index in [9.17, 15) is 4.79 Å². The summed E-state index contributed by atoms with van der Waals surface area (Å²) in [4.78, 5) is 32.5. The smallest absolute Gasteiger partial charge is 0.261 e. The van der Waals surface area contributed by atoms with Crippen molar-refractivity contribution in [3.63, 3.8) is 0 Å². The maximum atomic E-state index is 12.9. The second kappa shape index (κ2) is 5.16. The molecule has 26 heavy (non-hydrogen) atoms. The third-order valence-corrected chi connectivity index (χ3v) is 4.54. The number of aromatic nitrogens is 6. The van der Waals surface area contributed by atoms with E-state index in [1.165, 1.54) is 0 Å². The van der Waals surface area contributed by atoms with Crippen LogP contribution in [0, 0.1) is 0 Å². The average molecular weight is 345 g/mol. The van der Waals surface area contributed by atoms with Crippen molar-refractivity contribution in [2.45, 2.75) is 0 Å². The van der Waals surface area contributed by atoms with Gasteiger partial charge >= 0.3 is 0 Å². The summed E-state index contributed by atoms with van der Waals surface area (Å²) in [7, 11) is 3.67. The fraction of sp³-hybridized carbons (Fsp3) is 0.111. The van der Waals surface area contributed by atoms with Gasteiger partial charge in [-0.2, -0.15) is 0 Å². The molecule has 5 rings (SSSR count). The number of aromatic amines is 2. The van der Waals surface area contributed by atoms with Crippen LogP contribution in [-0.4, -0.2) is 36.5 Å². The van der Waals surface area contributed by atoms with Crippen LogP contribution < -0.4 is 10.9 Å². The first-order valence-corrected chi connectivity index (χ1v) is 8.18. The molecule has 0 amide bonds. The van der Waals surface area contributed by atoms with E-state index in [2.05, 4.69) is 30.2 Å². The molecular weight excluding hydrogens is 330 g/mol. The van der Waals surface area contributed by atoms with Gasteiger partial charge in [0.05, 0.1) is 33.0 Å². The number of rotatable bonds is 2. The highest BCUT2D eigenvalue weighted by atomic mass is 16.1. The van der Waals surface area contributed by atoms with Crippen LogP contribution in [0.5, 0.6) is 0 Å². The van der Waals surface area contributed by atoms with Crippen LogP contribution in [0.3, 0.4) is 0 Å². The number of nitrogens with zero attached hydrogens (tertiary/aromatic N) is 4. The van der Waals surface area contributed by atoms with Crippen molar-refractivity contribution < 1.29 is 0 Å². The Morgan fingerprint density at radius 2 is 1.65 bits per heavy atom. The van der Waals surface area contributed by atoms with Crippen LogP contribution in [0.1, 0.15) is 0 Å². The first kappa shape index (κ1) is 14.6. The molecule has 0 unspecified atom stereocenters. The summed E-state index contributed by atoms with van der Waals surface area (Å²) in [5.41, 5.74) is 3.59. The molecule has 0 radical (unpaired) electrons. The van der Waals surface area contributed by atoms with Crippen molar-refractivity contribution in [3.05, 3.63) is 46.8 Å². The first-order valence-electron chi connectivity index (χ1n) is 8.18. The molecule has 128 valence electrons. The Kier molecular flexibility index (Phi) is 2.90. The summed E-state index contributed by atoms with van der Waals surface area (Å²) in [6.07, 6.45) is 0. The van der Waals surface area contributed by atoms with Crippen LogP contribution in [0.4, 0.5) is 5.95 Å². The van der Waals surface area contributed by atoms with Crippen molar-refractivity contribution in [3.8, 4) is 11.6 Å². The van der Waals surface area contributed by atoms with Crippen molar-refractivity contribution in [1.82, 2.24) is 29.5 Å². The summed E-state index contributed by atoms with van der Waals surface area (Å²) >= 11 is 0. The van der Waals surface area contributed by atoms with Gasteiger partial charge in [-0.05, 0) is 24.3 Å². The van der Waals surface area contributed by atoms with Gasteiger partial charge in [-0.3, -0.25) is 4.79 Å². The van der Waals surface area contributed by atoms with Gasteiger partial charge in [-0.15, -0.1) is 0 Å². The third kappa shape index (κ3) is 1.95. The van der Waals surface area contributed by atoms with Crippen LogP contribution in [0.15, 0.2) is 41.2 Å². The summed E-state index contributed by atoms with van der Waals surface area (Å²) in [5.74, 6) is 1.63. The van der Waals surface area contributed by atoms with Gasteiger partial charge in [0.2, 0.25) is 5.95 Å². The fourth-order valence-corrected chi connectivity index (χ4v) is 3.33. The van der Waals surface area contributed by atoms with Gasteiger partial charge in [0.1, 0.15) is 0 Å². The molecule has 3 N–H and O–H groups in total. The van der Waals surface area contributed by atoms with E-state index < -0.39 is 0 Å². The molecule has 2 aromatic carbocycles. The second-order valence-electron chi connectivity index (χ2n) is 6.09. The molecule has 0 saturated carbocycles. The van der Waals surface area contributed by atoms with Crippen LogP contribution in [0.25, 0.3) is 44.6 Å². The van der Waals surface area contributed by atoms with Crippen molar-refractivity contribution >= 4 is 38.9 Å². The molecule has 8 heteroatoms. The molecule has 5 aromatic rings. The first-order chi connectivity index (χ1) is 12.7. The Bertz CT molecular complexity index is 1330. The molecule has 0 fully saturated rings. The lowest BCUT2D eigenvalue weighted by Crippen LogP contribution is -2.11. The summed E-state index contributed by atoms with van der Waals surface area (Å²) in [6, 6.07) is 11.4. The molecular formula is C18H15N7O. The maximum Gasteiger partial charge on any atom is 0.261 e. The number of imidazole rings is 2. The highest BCUT2D eigenvalue weighted by Crippen LogP contribution is 2.25. The highest BCUT2D eigenvalue weighted by Gasteiger charge is 2.16. The Labute approximate surface area is 146 Å². The largest absolute Gasteiger partial charge is 0.359 e. The van der Waals surface area contributed by atoms with Gasteiger partial charge in [-0.25, -0.2) is 15.0 Å². The lowest BCUT2D eigenvalue weighted by molar-refractivity contribution is 0.954. The minimum absolute atomic E-state index is 0.221. The average Bonchev–Trinajstić information content (AvgIpc) is 3.22. The number of nitrogens with one attached hydrogen (secondary N) is 3. The van der Waals surface area contributed by atoms with E-state index in [1.54, 1.807) is 7.05 Å². The van der Waals surface area contributed by atoms with Gasteiger partial charge in [0.25, 0.3) is 5.56 Å². The molecule has 0 saturated heterocycles. The standard InChI is InChI=1S/C18H15N7O/c1-19-18-23-12-8-7-11-13(14(12)25(18)2)17(26)24-16(22-11)15-20-9-5-3-4-6-10(9)21-15/h3-8H,1-2H3,(H,19,23)(H,20,21)(H,22,24,26). The zero-order valence-electron chi connectivity index (χ0n) is 14.2. The number of hydrogen-bond acceptors (Lipinski definition) is 5. The molecule has 3 heterocycles. The summed E-state index contributed by atoms with van der Waals surface area (Å²) in [6.45, 7) is 0. The quantitative estimate of drug-likeness (QED) is 0.456. The van der Waals surface area contributed by atoms with Crippen molar-refractivity contribution in [2.24, 2.45) is 7.05 Å². The van der Waals surface area contributed by atoms with Crippen LogP contribution in [0.2, 0.25) is 0 Å². The molecule has 0 bridgehead atoms. The number of benzene rings is 2. The minimum atomic E-state index is -0.221. The van der Waals surface area contributed by atoms with Crippen LogP contribution in [-0.2, 0) is 7.05 Å². The topological polar surface area (TPSA) is 104 Å². The van der Waals surface area contributed by atoms with Crippen molar-refractivity contribution in [1.29, 1.82) is 0 Å². The number of fused-ring (bicyclic) bond motifs is 4. The zero-order valence-corrected chi connectivity index (χ0v) is 14.2. The lowest BCUT2D eigenvalue weighted by Gasteiger charge is -2.04. The number of para-hydroxylation sites is 2.